The number of benzene rings is 1. The molecule has 0 unspecified atom stereocenters. The maximum absolute atomic E-state index is 12.0. The normalized spacial score (nSPS) is 23.7. The summed E-state index contributed by atoms with van der Waals surface area (Å²) in [5.74, 6) is -0.283. The lowest BCUT2D eigenvalue weighted by Gasteiger charge is -2.31. The number of amides is 1. The SMILES string of the molecule is CCC[C@@]1(O)c2ccccc2C(=O)N1OC. The highest BCUT2D eigenvalue weighted by Gasteiger charge is 2.48. The molecule has 0 bridgehead atoms. The molecule has 0 radical (unpaired) electrons. The first-order valence-electron chi connectivity index (χ1n) is 5.35. The van der Waals surface area contributed by atoms with Crippen LogP contribution < -0.4 is 0 Å². The van der Waals surface area contributed by atoms with Gasteiger partial charge < -0.3 is 5.11 Å². The summed E-state index contributed by atoms with van der Waals surface area (Å²) >= 11 is 0. The van der Waals surface area contributed by atoms with Gasteiger partial charge in [-0.25, -0.2) is 0 Å². The standard InChI is InChI=1S/C12H15NO3/c1-3-8-12(15)10-7-5-4-6-9(10)11(14)13(12)16-2/h4-7,15H,3,8H2,1-2H3/t12-/m1/s1. The van der Waals surface area contributed by atoms with Crippen LogP contribution in [0.5, 0.6) is 0 Å². The van der Waals surface area contributed by atoms with Gasteiger partial charge in [0.1, 0.15) is 0 Å². The van der Waals surface area contributed by atoms with Gasteiger partial charge >= 0.3 is 0 Å². The number of hydroxylamine groups is 2. The van der Waals surface area contributed by atoms with Crippen molar-refractivity contribution >= 4 is 5.91 Å². The molecule has 0 saturated heterocycles. The Morgan fingerprint density at radius 2 is 2.12 bits per heavy atom. The van der Waals surface area contributed by atoms with Crippen LogP contribution in [0.1, 0.15) is 35.7 Å². The maximum atomic E-state index is 12.0. The van der Waals surface area contributed by atoms with E-state index in [0.29, 0.717) is 17.5 Å². The van der Waals surface area contributed by atoms with E-state index in [0.717, 1.165) is 11.5 Å². The Bertz CT molecular complexity index is 418. The predicted octanol–water partition coefficient (Wildman–Crippen LogP) is 1.65. The number of carbonyl (C=O) groups is 1. The summed E-state index contributed by atoms with van der Waals surface area (Å²) in [6.45, 7) is 1.96. The molecule has 16 heavy (non-hydrogen) atoms. The van der Waals surface area contributed by atoms with Crippen LogP contribution in [0.15, 0.2) is 24.3 Å². The molecular weight excluding hydrogens is 206 g/mol. The molecule has 1 aromatic rings. The average molecular weight is 221 g/mol. The molecule has 1 heterocycles. The zero-order valence-corrected chi connectivity index (χ0v) is 9.43. The number of hydrogen-bond donors (Lipinski definition) is 1. The van der Waals surface area contributed by atoms with Crippen molar-refractivity contribution in [3.63, 3.8) is 0 Å². The molecule has 1 atom stereocenters. The largest absolute Gasteiger partial charge is 0.365 e. The van der Waals surface area contributed by atoms with Crippen LogP contribution in [0.3, 0.4) is 0 Å². The van der Waals surface area contributed by atoms with Crippen LogP contribution in [-0.2, 0) is 10.6 Å². The summed E-state index contributed by atoms with van der Waals surface area (Å²) in [5.41, 5.74) is -0.180. The second kappa shape index (κ2) is 3.88. The van der Waals surface area contributed by atoms with Crippen molar-refractivity contribution in [2.45, 2.75) is 25.5 Å². The number of hydrogen-bond acceptors (Lipinski definition) is 3. The van der Waals surface area contributed by atoms with Crippen LogP contribution in [0.4, 0.5) is 0 Å². The summed E-state index contributed by atoms with van der Waals surface area (Å²) in [6.07, 6.45) is 1.22. The molecule has 2 rings (SSSR count). The van der Waals surface area contributed by atoms with Crippen molar-refractivity contribution in [1.29, 1.82) is 0 Å². The van der Waals surface area contributed by atoms with Gasteiger partial charge in [-0.2, -0.15) is 5.06 Å². The molecular formula is C12H15NO3. The van der Waals surface area contributed by atoms with E-state index >= 15 is 0 Å². The number of fused-ring (bicyclic) bond motifs is 1. The minimum absolute atomic E-state index is 0.283. The number of rotatable bonds is 3. The third kappa shape index (κ3) is 1.34. The molecule has 1 aliphatic rings. The molecule has 4 nitrogen and oxygen atoms in total. The maximum Gasteiger partial charge on any atom is 0.280 e. The fourth-order valence-corrected chi connectivity index (χ4v) is 2.22. The van der Waals surface area contributed by atoms with Gasteiger partial charge in [0, 0.05) is 17.5 Å². The highest BCUT2D eigenvalue weighted by Crippen LogP contribution is 2.40. The number of nitrogens with zero attached hydrogens (tertiary/aromatic N) is 1. The van der Waals surface area contributed by atoms with E-state index < -0.39 is 5.72 Å². The highest BCUT2D eigenvalue weighted by molar-refractivity contribution is 5.98. The molecule has 0 spiro atoms. The Morgan fingerprint density at radius 3 is 2.75 bits per heavy atom. The first-order chi connectivity index (χ1) is 7.65. The molecule has 1 aromatic carbocycles. The van der Waals surface area contributed by atoms with Crippen LogP contribution in [-0.4, -0.2) is 23.2 Å². The fourth-order valence-electron chi connectivity index (χ4n) is 2.22. The molecule has 0 aliphatic carbocycles. The summed E-state index contributed by atoms with van der Waals surface area (Å²) < 4.78 is 0. The zero-order valence-electron chi connectivity index (χ0n) is 9.43. The van der Waals surface area contributed by atoms with Crippen molar-refractivity contribution in [2.75, 3.05) is 7.11 Å². The van der Waals surface area contributed by atoms with Crippen molar-refractivity contribution in [3.8, 4) is 0 Å². The highest BCUT2D eigenvalue weighted by atomic mass is 16.7. The van der Waals surface area contributed by atoms with Crippen LogP contribution in [0.2, 0.25) is 0 Å². The van der Waals surface area contributed by atoms with Gasteiger partial charge in [-0.15, -0.1) is 0 Å². The average Bonchev–Trinajstić information content (AvgIpc) is 2.50. The van der Waals surface area contributed by atoms with Crippen LogP contribution in [0, 0.1) is 0 Å². The predicted molar refractivity (Wildman–Crippen MR) is 58.4 cm³/mol. The van der Waals surface area contributed by atoms with Crippen molar-refractivity contribution < 1.29 is 14.7 Å². The Hall–Kier alpha value is -1.39. The lowest BCUT2D eigenvalue weighted by molar-refractivity contribution is -0.247. The quantitative estimate of drug-likeness (QED) is 0.844. The fraction of sp³-hybridized carbons (Fsp3) is 0.417. The summed E-state index contributed by atoms with van der Waals surface area (Å²) in [4.78, 5) is 17.0. The van der Waals surface area contributed by atoms with E-state index in [1.54, 1.807) is 18.2 Å². The van der Waals surface area contributed by atoms with E-state index in [1.807, 2.05) is 13.0 Å². The minimum atomic E-state index is -1.32. The second-order valence-electron chi connectivity index (χ2n) is 3.89. The van der Waals surface area contributed by atoms with E-state index in [9.17, 15) is 9.90 Å². The minimum Gasteiger partial charge on any atom is -0.365 e. The molecule has 1 N–H and O–H groups in total. The third-order valence-corrected chi connectivity index (χ3v) is 2.89. The van der Waals surface area contributed by atoms with Gasteiger partial charge in [-0.1, -0.05) is 31.5 Å². The molecule has 1 amide bonds. The molecule has 0 saturated carbocycles. The first kappa shape index (κ1) is 11.1. The van der Waals surface area contributed by atoms with Gasteiger partial charge in [0.05, 0.1) is 7.11 Å². The molecule has 0 fully saturated rings. The van der Waals surface area contributed by atoms with Gasteiger partial charge in [0.2, 0.25) is 0 Å². The topological polar surface area (TPSA) is 49.8 Å². The van der Waals surface area contributed by atoms with Crippen molar-refractivity contribution in [1.82, 2.24) is 5.06 Å². The van der Waals surface area contributed by atoms with Crippen molar-refractivity contribution in [3.05, 3.63) is 35.4 Å². The Kier molecular flexibility index (Phi) is 2.69. The van der Waals surface area contributed by atoms with Crippen molar-refractivity contribution in [2.24, 2.45) is 0 Å². The van der Waals surface area contributed by atoms with E-state index in [2.05, 4.69) is 0 Å². The smallest absolute Gasteiger partial charge is 0.280 e. The second-order valence-corrected chi connectivity index (χ2v) is 3.89. The van der Waals surface area contributed by atoms with Crippen LogP contribution >= 0.6 is 0 Å². The monoisotopic (exact) mass is 221 g/mol. The Balaban J connectivity index is 2.55. The number of carbonyl (C=O) groups excluding carboxylic acids is 1. The van der Waals surface area contributed by atoms with Crippen LogP contribution in [0.25, 0.3) is 0 Å². The summed E-state index contributed by atoms with van der Waals surface area (Å²) in [6, 6.07) is 7.06. The Labute approximate surface area is 94.4 Å². The zero-order chi connectivity index (χ0) is 11.8. The van der Waals surface area contributed by atoms with Gasteiger partial charge in [-0.3, -0.25) is 9.63 Å². The summed E-state index contributed by atoms with van der Waals surface area (Å²) in [7, 11) is 1.39. The van der Waals surface area contributed by atoms with E-state index in [-0.39, 0.29) is 5.91 Å². The molecule has 86 valence electrons. The summed E-state index contributed by atoms with van der Waals surface area (Å²) in [5, 5.41) is 11.6. The third-order valence-electron chi connectivity index (χ3n) is 2.89. The Morgan fingerprint density at radius 1 is 1.44 bits per heavy atom. The van der Waals surface area contributed by atoms with E-state index in [4.69, 9.17) is 4.84 Å². The molecule has 1 aliphatic heterocycles. The van der Waals surface area contributed by atoms with E-state index in [1.165, 1.54) is 7.11 Å². The van der Waals surface area contributed by atoms with Gasteiger partial charge in [0.15, 0.2) is 5.72 Å². The molecule has 0 aromatic heterocycles. The lowest BCUT2D eigenvalue weighted by Crippen LogP contribution is -2.42. The van der Waals surface area contributed by atoms with Gasteiger partial charge in [0.25, 0.3) is 5.91 Å². The molecule has 4 heteroatoms. The lowest BCUT2D eigenvalue weighted by atomic mass is 9.98. The number of aliphatic hydroxyl groups is 1. The first-order valence-corrected chi connectivity index (χ1v) is 5.35. The van der Waals surface area contributed by atoms with Gasteiger partial charge in [-0.05, 0) is 6.07 Å².